The lowest BCUT2D eigenvalue weighted by Crippen LogP contribution is -2.48. The average molecular weight is 484 g/mol. The first-order valence-electron chi connectivity index (χ1n) is 10.0. The van der Waals surface area contributed by atoms with Crippen molar-refractivity contribution in [3.8, 4) is 0 Å². The van der Waals surface area contributed by atoms with Crippen molar-refractivity contribution in [1.29, 1.82) is 0 Å². The zero-order chi connectivity index (χ0) is 22.0. The summed E-state index contributed by atoms with van der Waals surface area (Å²) in [5.41, 5.74) is 1.33. The minimum atomic E-state index is -3.89. The second-order valence-electron chi connectivity index (χ2n) is 7.40. The standard InChI is InChI=1S/C21H23Cl2N3O4S/c22-18-14-16(15-19(20(18)23)31(28,29)26-10-12-30-13-11-26)21(27)25-8-6-24(7-9-25)17-4-2-1-3-5-17/h1-5,14-15H,6-13H2. The van der Waals surface area contributed by atoms with Gasteiger partial charge in [0.25, 0.3) is 5.91 Å². The van der Waals surface area contributed by atoms with Gasteiger partial charge in [0.2, 0.25) is 10.0 Å². The zero-order valence-electron chi connectivity index (χ0n) is 16.8. The molecule has 7 nitrogen and oxygen atoms in total. The molecule has 0 spiro atoms. The fraction of sp³-hybridized carbons (Fsp3) is 0.381. The number of carbonyl (C=O) groups excluding carboxylic acids is 1. The lowest BCUT2D eigenvalue weighted by Gasteiger charge is -2.36. The van der Waals surface area contributed by atoms with Crippen LogP contribution >= 0.6 is 23.2 Å². The van der Waals surface area contributed by atoms with Crippen molar-refractivity contribution in [2.75, 3.05) is 57.4 Å². The van der Waals surface area contributed by atoms with Crippen LogP contribution in [-0.2, 0) is 14.8 Å². The molecule has 166 valence electrons. The second kappa shape index (κ2) is 9.34. The van der Waals surface area contributed by atoms with E-state index in [-0.39, 0.29) is 39.5 Å². The Morgan fingerprint density at radius 2 is 1.55 bits per heavy atom. The lowest BCUT2D eigenvalue weighted by atomic mass is 10.1. The molecule has 2 aromatic carbocycles. The van der Waals surface area contributed by atoms with Crippen LogP contribution in [0.15, 0.2) is 47.4 Å². The average Bonchev–Trinajstić information content (AvgIpc) is 2.81. The molecule has 2 aliphatic heterocycles. The topological polar surface area (TPSA) is 70.2 Å². The van der Waals surface area contributed by atoms with Crippen LogP contribution < -0.4 is 4.90 Å². The van der Waals surface area contributed by atoms with Crippen LogP contribution in [0.5, 0.6) is 0 Å². The van der Waals surface area contributed by atoms with Crippen molar-refractivity contribution in [3.63, 3.8) is 0 Å². The van der Waals surface area contributed by atoms with Crippen molar-refractivity contribution in [1.82, 2.24) is 9.21 Å². The molecule has 0 saturated carbocycles. The highest BCUT2D eigenvalue weighted by Gasteiger charge is 2.31. The van der Waals surface area contributed by atoms with Crippen LogP contribution in [0, 0.1) is 0 Å². The molecule has 0 atom stereocenters. The number of ether oxygens (including phenoxy) is 1. The Bertz CT molecular complexity index is 1050. The largest absolute Gasteiger partial charge is 0.379 e. The smallest absolute Gasteiger partial charge is 0.254 e. The van der Waals surface area contributed by atoms with Gasteiger partial charge in [0.15, 0.2) is 0 Å². The van der Waals surface area contributed by atoms with E-state index in [2.05, 4.69) is 4.90 Å². The molecule has 2 saturated heterocycles. The van der Waals surface area contributed by atoms with Crippen molar-refractivity contribution < 1.29 is 17.9 Å². The molecule has 0 N–H and O–H groups in total. The summed E-state index contributed by atoms with van der Waals surface area (Å²) >= 11 is 12.5. The summed E-state index contributed by atoms with van der Waals surface area (Å²) < 4.78 is 32.8. The predicted molar refractivity (Wildman–Crippen MR) is 121 cm³/mol. The maximum absolute atomic E-state index is 13.1. The van der Waals surface area contributed by atoms with E-state index in [4.69, 9.17) is 27.9 Å². The summed E-state index contributed by atoms with van der Waals surface area (Å²) in [4.78, 5) is 16.9. The molecule has 0 aromatic heterocycles. The molecule has 0 bridgehead atoms. The molecular weight excluding hydrogens is 461 g/mol. The molecule has 0 aliphatic carbocycles. The summed E-state index contributed by atoms with van der Waals surface area (Å²) in [6, 6.07) is 12.8. The number of benzene rings is 2. The van der Waals surface area contributed by atoms with Crippen molar-refractivity contribution in [2.24, 2.45) is 0 Å². The Morgan fingerprint density at radius 1 is 0.903 bits per heavy atom. The number of morpholine rings is 1. The van der Waals surface area contributed by atoms with Gasteiger partial charge in [-0.3, -0.25) is 4.79 Å². The van der Waals surface area contributed by atoms with Gasteiger partial charge in [0.1, 0.15) is 4.90 Å². The van der Waals surface area contributed by atoms with Crippen molar-refractivity contribution >= 4 is 44.8 Å². The molecule has 2 heterocycles. The summed E-state index contributed by atoms with van der Waals surface area (Å²) in [6.45, 7) is 3.53. The number of rotatable bonds is 4. The van der Waals surface area contributed by atoms with Gasteiger partial charge in [-0.25, -0.2) is 8.42 Å². The van der Waals surface area contributed by atoms with Gasteiger partial charge < -0.3 is 14.5 Å². The van der Waals surface area contributed by atoms with E-state index in [1.54, 1.807) is 4.90 Å². The van der Waals surface area contributed by atoms with Crippen LogP contribution in [-0.4, -0.2) is 76.0 Å². The summed E-state index contributed by atoms with van der Waals surface area (Å²) in [6.07, 6.45) is 0. The van der Waals surface area contributed by atoms with Crippen molar-refractivity contribution in [3.05, 3.63) is 58.1 Å². The Balaban J connectivity index is 1.54. The van der Waals surface area contributed by atoms with Gasteiger partial charge in [-0.15, -0.1) is 0 Å². The third-order valence-electron chi connectivity index (χ3n) is 5.52. The van der Waals surface area contributed by atoms with E-state index < -0.39 is 10.0 Å². The first-order chi connectivity index (χ1) is 14.9. The molecule has 0 radical (unpaired) electrons. The SMILES string of the molecule is O=C(c1cc(Cl)c(Cl)c(S(=O)(=O)N2CCOCC2)c1)N1CCN(c2ccccc2)CC1. The Labute approximate surface area is 192 Å². The van der Waals surface area contributed by atoms with Gasteiger partial charge in [-0.05, 0) is 24.3 Å². The number of piperazine rings is 1. The zero-order valence-corrected chi connectivity index (χ0v) is 19.2. The Morgan fingerprint density at radius 3 is 2.19 bits per heavy atom. The second-order valence-corrected chi connectivity index (χ2v) is 10.1. The monoisotopic (exact) mass is 483 g/mol. The third kappa shape index (κ3) is 4.68. The highest BCUT2D eigenvalue weighted by molar-refractivity contribution is 7.89. The molecule has 31 heavy (non-hydrogen) atoms. The van der Waals surface area contributed by atoms with Crippen LogP contribution in [0.4, 0.5) is 5.69 Å². The normalized spacial score (nSPS) is 18.3. The van der Waals surface area contributed by atoms with Crippen LogP contribution in [0.2, 0.25) is 10.0 Å². The number of hydrogen-bond donors (Lipinski definition) is 0. The number of nitrogens with zero attached hydrogens (tertiary/aromatic N) is 3. The van der Waals surface area contributed by atoms with E-state index in [0.717, 1.165) is 5.69 Å². The maximum atomic E-state index is 13.1. The van der Waals surface area contributed by atoms with Crippen LogP contribution in [0.1, 0.15) is 10.4 Å². The Kier molecular flexibility index (Phi) is 6.74. The molecule has 2 aromatic rings. The van der Waals surface area contributed by atoms with Gasteiger partial charge in [0, 0.05) is 50.5 Å². The number of para-hydroxylation sites is 1. The number of sulfonamides is 1. The predicted octanol–water partition coefficient (Wildman–Crippen LogP) is 2.98. The van der Waals surface area contributed by atoms with Crippen LogP contribution in [0.3, 0.4) is 0 Å². The van der Waals surface area contributed by atoms with E-state index in [1.165, 1.54) is 16.4 Å². The van der Waals surface area contributed by atoms with E-state index >= 15 is 0 Å². The number of hydrogen-bond acceptors (Lipinski definition) is 5. The minimum absolute atomic E-state index is 0.0438. The fourth-order valence-corrected chi connectivity index (χ4v) is 5.99. The molecule has 4 rings (SSSR count). The maximum Gasteiger partial charge on any atom is 0.254 e. The number of amides is 1. The molecule has 1 amide bonds. The van der Waals surface area contributed by atoms with Gasteiger partial charge in [0.05, 0.1) is 23.3 Å². The molecule has 10 heteroatoms. The van der Waals surface area contributed by atoms with E-state index in [1.807, 2.05) is 30.3 Å². The lowest BCUT2D eigenvalue weighted by molar-refractivity contribution is 0.0729. The molecule has 0 unspecified atom stereocenters. The summed E-state index contributed by atoms with van der Waals surface area (Å²) in [5, 5.41) is -0.0270. The third-order valence-corrected chi connectivity index (χ3v) is 8.35. The highest BCUT2D eigenvalue weighted by atomic mass is 35.5. The number of carbonyl (C=O) groups is 1. The number of anilines is 1. The number of halogens is 2. The first kappa shape index (κ1) is 22.4. The van der Waals surface area contributed by atoms with E-state index in [0.29, 0.717) is 39.4 Å². The Hall–Kier alpha value is -1.84. The van der Waals surface area contributed by atoms with E-state index in [9.17, 15) is 13.2 Å². The quantitative estimate of drug-likeness (QED) is 0.668. The van der Waals surface area contributed by atoms with Gasteiger partial charge in [-0.2, -0.15) is 4.31 Å². The van der Waals surface area contributed by atoms with Gasteiger partial charge >= 0.3 is 0 Å². The van der Waals surface area contributed by atoms with Crippen molar-refractivity contribution in [2.45, 2.75) is 4.90 Å². The summed E-state index contributed by atoms with van der Waals surface area (Å²) in [5.74, 6) is -0.260. The van der Waals surface area contributed by atoms with Gasteiger partial charge in [-0.1, -0.05) is 41.4 Å². The molecular formula is C21H23Cl2N3O4S. The minimum Gasteiger partial charge on any atom is -0.379 e. The molecule has 2 aliphatic rings. The molecule has 2 fully saturated rings. The summed E-state index contributed by atoms with van der Waals surface area (Å²) in [7, 11) is -3.89. The fourth-order valence-electron chi connectivity index (χ4n) is 3.79. The van der Waals surface area contributed by atoms with Crippen LogP contribution in [0.25, 0.3) is 0 Å². The first-order valence-corrected chi connectivity index (χ1v) is 12.2. The highest BCUT2D eigenvalue weighted by Crippen LogP contribution is 2.33.